The summed E-state index contributed by atoms with van der Waals surface area (Å²) in [4.78, 5) is 39.7. The molecule has 4 rings (SSSR count). The number of esters is 2. The first-order valence-corrected chi connectivity index (χ1v) is 11.9. The van der Waals surface area contributed by atoms with Crippen molar-refractivity contribution in [2.75, 3.05) is 28.4 Å². The quantitative estimate of drug-likeness (QED) is 0.378. The molecular weight excluding hydrogens is 516 g/mol. The highest BCUT2D eigenvalue weighted by molar-refractivity contribution is 7.07. The number of methoxy groups -OCH3 is 4. The molecule has 0 aliphatic carbocycles. The van der Waals surface area contributed by atoms with Gasteiger partial charge in [0.15, 0.2) is 23.0 Å². The Balaban J connectivity index is 2.11. The molecule has 198 valence electrons. The average molecular weight is 541 g/mol. The molecule has 1 aromatic heterocycles. The fourth-order valence-electron chi connectivity index (χ4n) is 4.21. The van der Waals surface area contributed by atoms with Crippen molar-refractivity contribution in [3.05, 3.63) is 72.6 Å². The Bertz CT molecular complexity index is 1670. The van der Waals surface area contributed by atoms with E-state index in [1.165, 1.54) is 51.7 Å². The number of hydrogen-bond acceptors (Lipinski definition) is 11. The van der Waals surface area contributed by atoms with Crippen molar-refractivity contribution in [3.8, 4) is 23.0 Å². The van der Waals surface area contributed by atoms with Gasteiger partial charge in [-0.05, 0) is 41.5 Å². The van der Waals surface area contributed by atoms with Crippen molar-refractivity contribution >= 4 is 40.7 Å². The molecule has 38 heavy (non-hydrogen) atoms. The lowest BCUT2D eigenvalue weighted by molar-refractivity contribution is -0.136. The minimum Gasteiger partial charge on any atom is -0.504 e. The predicted molar refractivity (Wildman–Crippen MR) is 138 cm³/mol. The number of ether oxygens (including phenoxy) is 4. The van der Waals surface area contributed by atoms with E-state index in [0.29, 0.717) is 11.1 Å². The van der Waals surface area contributed by atoms with Gasteiger partial charge in [0.1, 0.15) is 10.5 Å². The molecule has 0 bridgehead atoms. The van der Waals surface area contributed by atoms with E-state index in [2.05, 4.69) is 0 Å². The first kappa shape index (κ1) is 26.4. The van der Waals surface area contributed by atoms with Crippen molar-refractivity contribution in [2.45, 2.75) is 5.92 Å². The van der Waals surface area contributed by atoms with Gasteiger partial charge in [0.2, 0.25) is 0 Å². The maximum Gasteiger partial charge on any atom is 0.338 e. The summed E-state index contributed by atoms with van der Waals surface area (Å²) in [5, 5.41) is 20.0. The molecule has 0 saturated heterocycles. The molecule has 1 unspecified atom stereocenters. The number of phenols is 2. The molecule has 1 aliphatic rings. The molecular formula is C26H24N2O9S. The Kier molecular flexibility index (Phi) is 7.17. The maximum atomic E-state index is 13.5. The van der Waals surface area contributed by atoms with Crippen LogP contribution in [-0.2, 0) is 19.1 Å². The van der Waals surface area contributed by atoms with Crippen molar-refractivity contribution in [2.24, 2.45) is 5.73 Å². The van der Waals surface area contributed by atoms with Crippen LogP contribution >= 0.6 is 11.3 Å². The number of fused-ring (bicyclic) bond motifs is 1. The topological polar surface area (TPSA) is 160 Å². The van der Waals surface area contributed by atoms with Gasteiger partial charge >= 0.3 is 11.9 Å². The largest absolute Gasteiger partial charge is 0.504 e. The Morgan fingerprint density at radius 2 is 1.50 bits per heavy atom. The molecule has 11 nitrogen and oxygen atoms in total. The Labute approximate surface area is 219 Å². The third-order valence-corrected chi connectivity index (χ3v) is 7.11. The van der Waals surface area contributed by atoms with Gasteiger partial charge < -0.3 is 34.9 Å². The Hall–Kier alpha value is -4.71. The number of nitrogens with two attached hydrogens (primary N) is 1. The number of carbonyl (C=O) groups excluding carboxylic acids is 2. The van der Waals surface area contributed by atoms with E-state index in [0.717, 1.165) is 23.0 Å². The van der Waals surface area contributed by atoms with E-state index in [4.69, 9.17) is 24.7 Å². The highest BCUT2D eigenvalue weighted by Gasteiger charge is 2.40. The number of nitrogens with zero attached hydrogens (tertiary/aromatic N) is 1. The van der Waals surface area contributed by atoms with Gasteiger partial charge in [-0.3, -0.25) is 9.36 Å². The molecule has 1 atom stereocenters. The molecule has 4 N–H and O–H groups in total. The molecule has 0 fully saturated rings. The zero-order chi connectivity index (χ0) is 27.7. The number of carbonyl (C=O) groups is 2. The van der Waals surface area contributed by atoms with Crippen LogP contribution in [0.4, 0.5) is 0 Å². The summed E-state index contributed by atoms with van der Waals surface area (Å²) < 4.78 is 21.8. The van der Waals surface area contributed by atoms with Crippen molar-refractivity contribution < 1.29 is 38.7 Å². The molecule has 1 aliphatic heterocycles. The molecule has 0 radical (unpaired) electrons. The van der Waals surface area contributed by atoms with Crippen LogP contribution in [0.5, 0.6) is 23.0 Å². The summed E-state index contributed by atoms with van der Waals surface area (Å²) in [5.74, 6) is -2.92. The number of benzene rings is 2. The van der Waals surface area contributed by atoms with Gasteiger partial charge in [0, 0.05) is 0 Å². The third-order valence-electron chi connectivity index (χ3n) is 6.00. The number of rotatable bonds is 6. The Morgan fingerprint density at radius 3 is 2.11 bits per heavy atom. The van der Waals surface area contributed by atoms with Gasteiger partial charge in [-0.15, -0.1) is 11.3 Å². The van der Waals surface area contributed by atoms with E-state index in [9.17, 15) is 24.6 Å². The van der Waals surface area contributed by atoms with Crippen LogP contribution in [0.25, 0.3) is 17.5 Å². The van der Waals surface area contributed by atoms with E-state index >= 15 is 0 Å². The fraction of sp³-hybridized carbons (Fsp3) is 0.192. The van der Waals surface area contributed by atoms with Gasteiger partial charge in [0.25, 0.3) is 5.56 Å². The molecule has 2 heterocycles. The number of hydrogen-bond donors (Lipinski definition) is 3. The van der Waals surface area contributed by atoms with Crippen LogP contribution < -0.4 is 30.0 Å². The average Bonchev–Trinajstić information content (AvgIpc) is 3.24. The minimum absolute atomic E-state index is 0.0279. The zero-order valence-corrected chi connectivity index (χ0v) is 21.6. The van der Waals surface area contributed by atoms with Crippen LogP contribution in [0.2, 0.25) is 0 Å². The van der Waals surface area contributed by atoms with Gasteiger partial charge in [0.05, 0.1) is 50.0 Å². The first-order valence-electron chi connectivity index (χ1n) is 11.0. The lowest BCUT2D eigenvalue weighted by Gasteiger charge is -2.26. The van der Waals surface area contributed by atoms with Gasteiger partial charge in [-0.1, -0.05) is 12.1 Å². The van der Waals surface area contributed by atoms with Crippen molar-refractivity contribution in [3.63, 3.8) is 0 Å². The number of thiazole rings is 1. The second-order valence-corrected chi connectivity index (χ2v) is 9.08. The van der Waals surface area contributed by atoms with Crippen LogP contribution in [0.1, 0.15) is 17.0 Å². The summed E-state index contributed by atoms with van der Waals surface area (Å²) in [6.45, 7) is 0. The van der Waals surface area contributed by atoms with E-state index in [1.54, 1.807) is 12.1 Å². The molecule has 2 aromatic carbocycles. The van der Waals surface area contributed by atoms with Gasteiger partial charge in [-0.2, -0.15) is 0 Å². The lowest BCUT2D eigenvalue weighted by Crippen LogP contribution is -2.41. The number of phenolic OH excluding ortho intramolecular Hbond substituents is 2. The lowest BCUT2D eigenvalue weighted by atomic mass is 9.83. The van der Waals surface area contributed by atoms with Gasteiger partial charge in [-0.25, -0.2) is 9.59 Å². The highest BCUT2D eigenvalue weighted by Crippen LogP contribution is 2.40. The fourth-order valence-corrected chi connectivity index (χ4v) is 5.37. The number of aromatic hydroxyl groups is 2. The van der Waals surface area contributed by atoms with Crippen molar-refractivity contribution in [1.29, 1.82) is 0 Å². The third kappa shape index (κ3) is 4.34. The monoisotopic (exact) mass is 540 g/mol. The predicted octanol–water partition coefficient (Wildman–Crippen LogP) is 0.588. The minimum atomic E-state index is -1.11. The second-order valence-electron chi connectivity index (χ2n) is 8.05. The first-order chi connectivity index (χ1) is 18.2. The second kappa shape index (κ2) is 10.3. The molecule has 0 spiro atoms. The van der Waals surface area contributed by atoms with Crippen LogP contribution in [0.15, 0.2) is 46.8 Å². The molecule has 0 amide bonds. The molecule has 3 aromatic rings. The smallest absolute Gasteiger partial charge is 0.338 e. The highest BCUT2D eigenvalue weighted by atomic mass is 32.1. The summed E-state index contributed by atoms with van der Waals surface area (Å²) in [6, 6.07) is 8.83. The SMILES string of the molecule is COC(=O)C1=C(N)n2c(s/c(=C/c3ccc(O)c(OC)c3)c2=O)=C(C(=O)OC)C1c1ccc(O)c(OC)c1. The van der Waals surface area contributed by atoms with E-state index in [-0.39, 0.29) is 49.2 Å². The Morgan fingerprint density at radius 1 is 0.921 bits per heavy atom. The normalized spacial score (nSPS) is 15.2. The molecule has 12 heteroatoms. The summed E-state index contributed by atoms with van der Waals surface area (Å²) >= 11 is 0.970. The number of aromatic nitrogens is 1. The standard InChI is InChI=1S/C26H24N2O9S/c1-34-16-9-12(5-7-14(16)29)10-18-23(31)28-22(27)20(25(32)36-3)19(21(24(28)38-18)26(33)37-4)13-6-8-15(30)17(11-13)35-2/h5-11,19,29-30H,27H2,1-4H3/b18-10+. The van der Waals surface area contributed by atoms with Crippen LogP contribution in [0, 0.1) is 0 Å². The maximum absolute atomic E-state index is 13.5. The summed E-state index contributed by atoms with van der Waals surface area (Å²) in [7, 11) is 5.08. The summed E-state index contributed by atoms with van der Waals surface area (Å²) in [5.41, 5.74) is 6.53. The van der Waals surface area contributed by atoms with Crippen LogP contribution in [0.3, 0.4) is 0 Å². The van der Waals surface area contributed by atoms with E-state index < -0.39 is 23.4 Å². The van der Waals surface area contributed by atoms with Crippen molar-refractivity contribution in [1.82, 2.24) is 4.57 Å². The summed E-state index contributed by atoms with van der Waals surface area (Å²) in [6.07, 6.45) is 1.54. The van der Waals surface area contributed by atoms with E-state index in [1.807, 2.05) is 0 Å². The van der Waals surface area contributed by atoms with Crippen LogP contribution in [-0.4, -0.2) is 55.2 Å². The molecule has 0 saturated carbocycles. The zero-order valence-electron chi connectivity index (χ0n) is 20.8.